The monoisotopic (exact) mass is 384 g/mol. The van der Waals surface area contributed by atoms with Crippen LogP contribution < -0.4 is 14.2 Å². The summed E-state index contributed by atoms with van der Waals surface area (Å²) >= 11 is 0. The van der Waals surface area contributed by atoms with Crippen LogP contribution in [0, 0.1) is 0 Å². The normalized spacial score (nSPS) is 12.2. The van der Waals surface area contributed by atoms with Crippen molar-refractivity contribution in [3.05, 3.63) is 48.5 Å². The van der Waals surface area contributed by atoms with E-state index in [2.05, 4.69) is 9.44 Å². The molecule has 9 heteroatoms. The molecule has 0 spiro atoms. The molecule has 0 heterocycles. The summed E-state index contributed by atoms with van der Waals surface area (Å²) in [5.74, 6) is 0.547. The first-order valence-electron chi connectivity index (χ1n) is 7.43. The van der Waals surface area contributed by atoms with Crippen molar-refractivity contribution in [3.63, 3.8) is 0 Å². The minimum atomic E-state index is -3.78. The third-order valence-corrected chi connectivity index (χ3v) is 6.25. The van der Waals surface area contributed by atoms with Crippen molar-refractivity contribution in [1.29, 1.82) is 0 Å². The van der Waals surface area contributed by atoms with Gasteiger partial charge in [0.25, 0.3) is 10.0 Å². The molecule has 7 nitrogen and oxygen atoms in total. The zero-order chi connectivity index (χ0) is 18.7. The summed E-state index contributed by atoms with van der Waals surface area (Å²) in [5.41, 5.74) is 0.263. The molecule has 2 rings (SSSR count). The Bertz CT molecular complexity index is 919. The third-order valence-electron chi connectivity index (χ3n) is 3.18. The minimum absolute atomic E-state index is 0.0635. The molecule has 0 aliphatic heterocycles. The average Bonchev–Trinajstić information content (AvgIpc) is 2.54. The molecular formula is C16H20N2O5S2. The molecule has 0 aromatic heterocycles. The van der Waals surface area contributed by atoms with Crippen LogP contribution in [0.2, 0.25) is 0 Å². The Hall–Kier alpha value is -2.10. The van der Waals surface area contributed by atoms with E-state index in [1.54, 1.807) is 26.0 Å². The molecule has 2 N–H and O–H groups in total. The van der Waals surface area contributed by atoms with Gasteiger partial charge in [-0.15, -0.1) is 0 Å². The van der Waals surface area contributed by atoms with Gasteiger partial charge < -0.3 is 4.74 Å². The van der Waals surface area contributed by atoms with Crippen molar-refractivity contribution in [2.75, 3.05) is 11.8 Å². The van der Waals surface area contributed by atoms with Crippen molar-refractivity contribution in [1.82, 2.24) is 4.72 Å². The van der Waals surface area contributed by atoms with Gasteiger partial charge in [0, 0.05) is 11.7 Å². The smallest absolute Gasteiger partial charge is 0.261 e. The molecule has 136 valence electrons. The fourth-order valence-corrected chi connectivity index (χ4v) is 4.36. The number of ether oxygens (including phenoxy) is 1. The van der Waals surface area contributed by atoms with Crippen LogP contribution in [0.3, 0.4) is 0 Å². The number of hydrogen-bond acceptors (Lipinski definition) is 5. The first kappa shape index (κ1) is 19.2. The lowest BCUT2D eigenvalue weighted by Crippen LogP contribution is -2.30. The van der Waals surface area contributed by atoms with E-state index in [9.17, 15) is 16.8 Å². The van der Waals surface area contributed by atoms with Gasteiger partial charge >= 0.3 is 0 Å². The van der Waals surface area contributed by atoms with Crippen LogP contribution in [0.1, 0.15) is 13.8 Å². The van der Waals surface area contributed by atoms with Gasteiger partial charge in [0.2, 0.25) is 10.0 Å². The molecule has 0 saturated carbocycles. The van der Waals surface area contributed by atoms with Gasteiger partial charge in [0.1, 0.15) is 5.75 Å². The second-order valence-electron chi connectivity index (χ2n) is 5.58. The van der Waals surface area contributed by atoms with E-state index in [4.69, 9.17) is 4.74 Å². The quantitative estimate of drug-likeness (QED) is 0.762. The highest BCUT2D eigenvalue weighted by Gasteiger charge is 2.17. The minimum Gasteiger partial charge on any atom is -0.497 e. The van der Waals surface area contributed by atoms with Gasteiger partial charge in [-0.2, -0.15) is 0 Å². The number of hydrogen-bond donors (Lipinski definition) is 2. The summed E-state index contributed by atoms with van der Waals surface area (Å²) in [5, 5.41) is 0. The van der Waals surface area contributed by atoms with Crippen molar-refractivity contribution < 1.29 is 21.6 Å². The summed E-state index contributed by atoms with van der Waals surface area (Å²) in [7, 11) is -5.91. The predicted octanol–water partition coefficient (Wildman–Crippen LogP) is 2.18. The van der Waals surface area contributed by atoms with Crippen molar-refractivity contribution >= 4 is 25.7 Å². The van der Waals surface area contributed by atoms with Gasteiger partial charge in [-0.3, -0.25) is 4.72 Å². The predicted molar refractivity (Wildman–Crippen MR) is 95.7 cm³/mol. The van der Waals surface area contributed by atoms with Crippen molar-refractivity contribution in [3.8, 4) is 5.75 Å². The Kier molecular flexibility index (Phi) is 5.71. The summed E-state index contributed by atoms with van der Waals surface area (Å²) < 4.78 is 58.7. The van der Waals surface area contributed by atoms with E-state index in [0.717, 1.165) is 0 Å². The maximum absolute atomic E-state index is 12.3. The Labute approximate surface area is 148 Å². The van der Waals surface area contributed by atoms with E-state index < -0.39 is 20.0 Å². The molecule has 0 bridgehead atoms. The number of rotatable bonds is 7. The topological polar surface area (TPSA) is 102 Å². The maximum atomic E-state index is 12.3. The van der Waals surface area contributed by atoms with Gasteiger partial charge in [-0.1, -0.05) is 0 Å². The largest absolute Gasteiger partial charge is 0.497 e. The molecule has 0 saturated heterocycles. The molecule has 0 fully saturated rings. The van der Waals surface area contributed by atoms with Gasteiger partial charge in [0.05, 0.1) is 16.9 Å². The lowest BCUT2D eigenvalue weighted by molar-refractivity contribution is 0.414. The molecule has 0 amide bonds. The van der Waals surface area contributed by atoms with Crippen LogP contribution >= 0.6 is 0 Å². The Morgan fingerprint density at radius 1 is 0.800 bits per heavy atom. The van der Waals surface area contributed by atoms with Crippen LogP contribution in [0.15, 0.2) is 58.3 Å². The maximum Gasteiger partial charge on any atom is 0.261 e. The SMILES string of the molecule is COc1ccc(S(=O)(=O)Nc2ccc(S(=O)(=O)NC(C)C)cc2)cc1. The molecule has 0 aliphatic rings. The van der Waals surface area contributed by atoms with Crippen LogP contribution in [-0.2, 0) is 20.0 Å². The highest BCUT2D eigenvalue weighted by atomic mass is 32.2. The number of methoxy groups -OCH3 is 1. The molecule has 0 aliphatic carbocycles. The van der Waals surface area contributed by atoms with Gasteiger partial charge in [0.15, 0.2) is 0 Å². The third kappa shape index (κ3) is 4.94. The van der Waals surface area contributed by atoms with E-state index in [0.29, 0.717) is 5.75 Å². The second-order valence-corrected chi connectivity index (χ2v) is 8.98. The molecule has 0 atom stereocenters. The molecular weight excluding hydrogens is 364 g/mol. The summed E-state index contributed by atoms with van der Waals surface area (Å²) in [6.07, 6.45) is 0. The highest BCUT2D eigenvalue weighted by molar-refractivity contribution is 7.92. The van der Waals surface area contributed by atoms with Gasteiger partial charge in [-0.05, 0) is 62.4 Å². The number of benzene rings is 2. The van der Waals surface area contributed by atoms with E-state index in [1.807, 2.05) is 0 Å². The highest BCUT2D eigenvalue weighted by Crippen LogP contribution is 2.20. The van der Waals surface area contributed by atoms with Crippen LogP contribution in [0.5, 0.6) is 5.75 Å². The van der Waals surface area contributed by atoms with E-state index >= 15 is 0 Å². The lowest BCUT2D eigenvalue weighted by atomic mass is 10.3. The summed E-state index contributed by atoms with van der Waals surface area (Å²) in [6.45, 7) is 3.43. The molecule has 2 aromatic carbocycles. The van der Waals surface area contributed by atoms with Crippen LogP contribution in [0.25, 0.3) is 0 Å². The Morgan fingerprint density at radius 3 is 1.76 bits per heavy atom. The Morgan fingerprint density at radius 2 is 1.28 bits per heavy atom. The average molecular weight is 384 g/mol. The molecule has 0 unspecified atom stereocenters. The fraction of sp³-hybridized carbons (Fsp3) is 0.250. The number of anilines is 1. The Balaban J connectivity index is 2.20. The summed E-state index contributed by atoms with van der Waals surface area (Å²) in [4.78, 5) is 0.139. The van der Waals surface area contributed by atoms with Crippen LogP contribution in [0.4, 0.5) is 5.69 Å². The molecule has 0 radical (unpaired) electrons. The van der Waals surface area contributed by atoms with Crippen LogP contribution in [-0.4, -0.2) is 30.0 Å². The number of sulfonamides is 2. The first-order valence-corrected chi connectivity index (χ1v) is 10.4. The second kappa shape index (κ2) is 7.42. The van der Waals surface area contributed by atoms with Gasteiger partial charge in [-0.25, -0.2) is 21.6 Å². The zero-order valence-electron chi connectivity index (χ0n) is 14.1. The first-order chi connectivity index (χ1) is 11.6. The van der Waals surface area contributed by atoms with Crippen molar-refractivity contribution in [2.45, 2.75) is 29.7 Å². The summed E-state index contributed by atoms with van der Waals surface area (Å²) in [6, 6.07) is 11.2. The van der Waals surface area contributed by atoms with Crippen molar-refractivity contribution in [2.24, 2.45) is 0 Å². The number of nitrogens with one attached hydrogen (secondary N) is 2. The van der Waals surface area contributed by atoms with E-state index in [-0.39, 0.29) is 21.5 Å². The zero-order valence-corrected chi connectivity index (χ0v) is 15.7. The molecule has 2 aromatic rings. The lowest BCUT2D eigenvalue weighted by Gasteiger charge is -2.11. The molecule has 25 heavy (non-hydrogen) atoms. The standard InChI is InChI=1S/C16H20N2O5S2/c1-12(2)17-24(19,20)15-8-4-13(5-9-15)18-25(21,22)16-10-6-14(23-3)7-11-16/h4-12,17-18H,1-3H3. The van der Waals surface area contributed by atoms with E-state index in [1.165, 1.54) is 43.5 Å². The fourth-order valence-electron chi connectivity index (χ4n) is 2.05.